The monoisotopic (exact) mass is 508 g/mol. The number of azo groups is 1. The molecule has 0 atom stereocenters. The number of aryl methyl sites for hydroxylation is 1. The van der Waals surface area contributed by atoms with Crippen LogP contribution < -0.4 is 5.56 Å². The number of benzene rings is 1. The number of hydrogen-bond donors (Lipinski definition) is 3. The molecule has 0 saturated heterocycles. The normalized spacial score (nSPS) is 13.7. The van der Waals surface area contributed by atoms with Gasteiger partial charge in [-0.05, 0) is 43.7 Å². The fourth-order valence-corrected chi connectivity index (χ4v) is 5.45. The van der Waals surface area contributed by atoms with Gasteiger partial charge in [-0.15, -0.1) is 10.2 Å². The van der Waals surface area contributed by atoms with E-state index in [9.17, 15) is 26.2 Å². The van der Waals surface area contributed by atoms with Crippen LogP contribution in [0.5, 0.6) is 0 Å². The molecule has 0 radical (unpaired) electrons. The largest absolute Gasteiger partial charge is 0.308 e. The first-order valence-corrected chi connectivity index (χ1v) is 14.7. The van der Waals surface area contributed by atoms with Gasteiger partial charge in [-0.1, -0.05) is 9.06 Å². The van der Waals surface area contributed by atoms with Crippen LogP contribution in [0.2, 0.25) is 0 Å². The second-order valence-corrected chi connectivity index (χ2v) is 16.0. The molecule has 0 fully saturated rings. The highest BCUT2D eigenvalue weighted by Gasteiger charge is 2.33. The predicted octanol–water partition coefficient (Wildman–Crippen LogP) is 2.21. The van der Waals surface area contributed by atoms with Crippen LogP contribution >= 0.6 is 20.6 Å². The van der Waals surface area contributed by atoms with Crippen LogP contribution in [-0.2, 0) is 19.3 Å². The molecule has 3 N–H and O–H groups in total. The molecule has 2 aromatic heterocycles. The summed E-state index contributed by atoms with van der Waals surface area (Å²) in [5.74, 6) is 0. The molecule has 3 aromatic rings. The first-order valence-electron chi connectivity index (χ1n) is 8.07. The number of nitrogens with zero attached hydrogens (tertiary/aromatic N) is 5. The Balaban J connectivity index is 1.92. The van der Waals surface area contributed by atoms with Crippen molar-refractivity contribution in [3.63, 3.8) is 0 Å². The van der Waals surface area contributed by atoms with Gasteiger partial charge in [-0.2, -0.15) is 26.2 Å². The Kier molecular flexibility index (Phi) is 5.93. The highest BCUT2D eigenvalue weighted by Crippen LogP contribution is 2.53. The summed E-state index contributed by atoms with van der Waals surface area (Å²) < 4.78 is 68.7. The van der Waals surface area contributed by atoms with Crippen molar-refractivity contribution < 1.29 is 25.9 Å². The Bertz CT molecular complexity index is 1430. The van der Waals surface area contributed by atoms with Gasteiger partial charge in [0.15, 0.2) is 10.8 Å². The smallest absolute Gasteiger partial charge is 0.293 e. The summed E-state index contributed by atoms with van der Waals surface area (Å²) >= 11 is 0.755. The van der Waals surface area contributed by atoms with Gasteiger partial charge in [0.25, 0.3) is 15.7 Å². The minimum atomic E-state index is -4.38. The lowest BCUT2D eigenvalue weighted by Gasteiger charge is -2.22. The molecule has 0 unspecified atom stereocenters. The lowest BCUT2D eigenvalue weighted by molar-refractivity contribution is 0.483. The maximum absolute atomic E-state index is 12.7. The van der Waals surface area contributed by atoms with Gasteiger partial charge >= 0.3 is 9.15 Å². The number of aromatic amines is 1. The van der Waals surface area contributed by atoms with Crippen molar-refractivity contribution in [2.45, 2.75) is 17.0 Å². The molecule has 0 spiro atoms. The predicted molar refractivity (Wildman–Crippen MR) is 114 cm³/mol. The van der Waals surface area contributed by atoms with E-state index in [4.69, 9.17) is 4.55 Å². The topological polar surface area (TPSA) is 197 Å². The molecule has 0 bridgehead atoms. The Labute approximate surface area is 181 Å². The summed E-state index contributed by atoms with van der Waals surface area (Å²) in [5.41, 5.74) is -0.00799. The highest BCUT2D eigenvalue weighted by molar-refractivity contribution is 8.88. The van der Waals surface area contributed by atoms with Gasteiger partial charge < -0.3 is 0 Å². The molecule has 168 valence electrons. The second-order valence-electron chi connectivity index (χ2n) is 6.42. The molecule has 2 heterocycles. The van der Waals surface area contributed by atoms with Crippen LogP contribution in [0, 0.1) is 6.92 Å². The number of H-pyrrole nitrogens is 1. The number of nitrogens with one attached hydrogen (secondary N) is 1. The average Bonchev–Trinajstić information content (AvgIpc) is 3.24. The van der Waals surface area contributed by atoms with Gasteiger partial charge in [0, 0.05) is 11.5 Å². The van der Waals surface area contributed by atoms with Crippen LogP contribution in [-0.4, -0.2) is 57.6 Å². The zero-order chi connectivity index (χ0) is 23.2. The fraction of sp³-hybridized carbons (Fsp3) is 0.214. The van der Waals surface area contributed by atoms with Crippen molar-refractivity contribution >= 4 is 50.7 Å². The van der Waals surface area contributed by atoms with Gasteiger partial charge in [-0.25, -0.2) is 4.68 Å². The van der Waals surface area contributed by atoms with Gasteiger partial charge in [0.05, 0.1) is 16.3 Å². The average molecular weight is 509 g/mol. The number of rotatable bonds is 6. The Morgan fingerprint density at radius 3 is 2.23 bits per heavy atom. The lowest BCUT2D eigenvalue weighted by atomic mass is 10.3. The van der Waals surface area contributed by atoms with Crippen LogP contribution in [0.1, 0.15) is 5.69 Å². The number of aromatic nitrogens is 4. The van der Waals surface area contributed by atoms with Gasteiger partial charge in [0.2, 0.25) is 5.13 Å². The molecule has 0 saturated carbocycles. The summed E-state index contributed by atoms with van der Waals surface area (Å²) in [6.45, 7) is 1.57. The molecule has 0 aliphatic rings. The molecule has 0 aliphatic heterocycles. The third-order valence-electron chi connectivity index (χ3n) is 4.03. The molecule has 0 amide bonds. The third-order valence-corrected chi connectivity index (χ3v) is 11.3. The molecule has 3 rings (SSSR count). The van der Waals surface area contributed by atoms with E-state index in [0.717, 1.165) is 28.3 Å². The molecular formula is C14H16N6O7S4. The van der Waals surface area contributed by atoms with E-state index >= 15 is 0 Å². The summed E-state index contributed by atoms with van der Waals surface area (Å²) in [7, 11) is -11.5. The van der Waals surface area contributed by atoms with E-state index in [1.165, 1.54) is 24.6 Å². The first-order chi connectivity index (χ1) is 14.2. The van der Waals surface area contributed by atoms with E-state index in [1.807, 2.05) is 0 Å². The summed E-state index contributed by atoms with van der Waals surface area (Å²) in [5, 5.41) is 10.4. The van der Waals surface area contributed by atoms with Crippen molar-refractivity contribution in [3.8, 4) is 5.69 Å². The molecular weight excluding hydrogens is 492 g/mol. The van der Waals surface area contributed by atoms with Crippen molar-refractivity contribution in [2.75, 3.05) is 12.5 Å². The maximum atomic E-state index is 12.7. The van der Waals surface area contributed by atoms with E-state index in [1.54, 1.807) is 6.92 Å². The van der Waals surface area contributed by atoms with Crippen molar-refractivity contribution in [3.05, 3.63) is 40.3 Å². The van der Waals surface area contributed by atoms with E-state index in [2.05, 4.69) is 24.7 Å². The zero-order valence-electron chi connectivity index (χ0n) is 16.1. The van der Waals surface area contributed by atoms with Crippen LogP contribution in [0.4, 0.5) is 10.8 Å². The molecule has 17 heteroatoms. The molecule has 1 aromatic carbocycles. The second kappa shape index (κ2) is 7.92. The van der Waals surface area contributed by atoms with Crippen LogP contribution in [0.3, 0.4) is 0 Å². The quantitative estimate of drug-likeness (QED) is 0.254. The minimum Gasteiger partial charge on any atom is -0.293 e. The van der Waals surface area contributed by atoms with Crippen LogP contribution in [0.15, 0.2) is 49.3 Å². The first kappa shape index (κ1) is 23.2. The summed E-state index contributed by atoms with van der Waals surface area (Å²) in [4.78, 5) is 16.3. The van der Waals surface area contributed by atoms with Crippen molar-refractivity contribution in [1.29, 1.82) is 0 Å². The molecule has 13 nitrogen and oxygen atoms in total. The minimum absolute atomic E-state index is 0.0109. The third kappa shape index (κ3) is 4.60. The maximum Gasteiger partial charge on any atom is 0.308 e. The fourth-order valence-electron chi connectivity index (χ4n) is 2.23. The van der Waals surface area contributed by atoms with Crippen molar-refractivity contribution in [1.82, 2.24) is 19.1 Å². The summed E-state index contributed by atoms with van der Waals surface area (Å²) in [6, 6.07) is 4.91. The number of hydrogen-bond acceptors (Lipinski definition) is 10. The SMILES string of the molecule is Cc1[nH]n(-c2ccc(S(=O)(=O)O)cc2)c(=O)c1N=Nc1nc(S(C)(C)S(=O)(=O)O)ns1. The molecule has 31 heavy (non-hydrogen) atoms. The Morgan fingerprint density at radius 2 is 1.68 bits per heavy atom. The molecule has 0 aliphatic carbocycles. The summed E-state index contributed by atoms with van der Waals surface area (Å²) in [6.07, 6.45) is 2.63. The van der Waals surface area contributed by atoms with Crippen molar-refractivity contribution in [2.24, 2.45) is 10.2 Å². The van der Waals surface area contributed by atoms with Gasteiger partial charge in [0.1, 0.15) is 0 Å². The Hall–Kier alpha value is -2.44. The Morgan fingerprint density at radius 1 is 1.06 bits per heavy atom. The zero-order valence-corrected chi connectivity index (χ0v) is 19.4. The van der Waals surface area contributed by atoms with E-state index < -0.39 is 33.9 Å². The van der Waals surface area contributed by atoms with Crippen LogP contribution in [0.25, 0.3) is 5.69 Å². The standard InChI is InChI=1S/C14H16N6O7S4/c1-8-11(16-17-13-15-14(19-28-13)29(2,3)31(25,26)27)12(21)20(18-8)9-4-6-10(7-5-9)30(22,23)24/h4-7,18H,1-3H3,(H,22,23,24)(H,25,26,27). The highest BCUT2D eigenvalue weighted by atomic mass is 33.2. The van der Waals surface area contributed by atoms with E-state index in [-0.39, 0.29) is 20.9 Å². The lowest BCUT2D eigenvalue weighted by Crippen LogP contribution is -2.14. The van der Waals surface area contributed by atoms with E-state index in [0.29, 0.717) is 11.4 Å². The van der Waals surface area contributed by atoms with Gasteiger partial charge in [-0.3, -0.25) is 19.0 Å².